The number of pyridine rings is 1. The SMILES string of the molecule is CCCNC(c1cccc(C)n1)c1c(C)cc(C)cc1F. The Balaban J connectivity index is 2.50. The average molecular weight is 286 g/mol. The Bertz CT molecular complexity index is 599. The fraction of sp³-hybridized carbons (Fsp3) is 0.389. The van der Waals surface area contributed by atoms with Crippen molar-refractivity contribution < 1.29 is 4.39 Å². The van der Waals surface area contributed by atoms with Crippen LogP contribution in [0.2, 0.25) is 0 Å². The molecule has 1 aromatic heterocycles. The lowest BCUT2D eigenvalue weighted by Crippen LogP contribution is -2.26. The van der Waals surface area contributed by atoms with Crippen molar-refractivity contribution >= 4 is 0 Å². The largest absolute Gasteiger partial charge is 0.305 e. The van der Waals surface area contributed by atoms with Gasteiger partial charge in [0.2, 0.25) is 0 Å². The average Bonchev–Trinajstić information content (AvgIpc) is 2.41. The maximum absolute atomic E-state index is 14.5. The Kier molecular flexibility index (Phi) is 5.07. The Hall–Kier alpha value is -1.74. The standard InChI is InChI=1S/C18H23FN2/c1-5-9-20-18(16-8-6-7-14(4)21-16)17-13(3)10-12(2)11-15(17)19/h6-8,10-11,18,20H,5,9H2,1-4H3. The highest BCUT2D eigenvalue weighted by Crippen LogP contribution is 2.27. The van der Waals surface area contributed by atoms with Crippen LogP contribution in [-0.4, -0.2) is 11.5 Å². The minimum Gasteiger partial charge on any atom is -0.305 e. The van der Waals surface area contributed by atoms with Gasteiger partial charge >= 0.3 is 0 Å². The molecule has 2 nitrogen and oxygen atoms in total. The molecular formula is C18H23FN2. The second kappa shape index (κ2) is 6.81. The van der Waals surface area contributed by atoms with Gasteiger partial charge in [0.1, 0.15) is 5.82 Å². The van der Waals surface area contributed by atoms with Gasteiger partial charge < -0.3 is 5.32 Å². The Morgan fingerprint density at radius 1 is 1.19 bits per heavy atom. The number of halogens is 1. The molecule has 1 unspecified atom stereocenters. The second-order valence-electron chi connectivity index (χ2n) is 5.57. The van der Waals surface area contributed by atoms with Crippen molar-refractivity contribution in [3.63, 3.8) is 0 Å². The third kappa shape index (κ3) is 3.67. The number of benzene rings is 1. The monoisotopic (exact) mass is 286 g/mol. The highest BCUT2D eigenvalue weighted by Gasteiger charge is 2.21. The normalized spacial score (nSPS) is 12.4. The predicted molar refractivity (Wildman–Crippen MR) is 85.0 cm³/mol. The van der Waals surface area contributed by atoms with Gasteiger partial charge in [0.15, 0.2) is 0 Å². The van der Waals surface area contributed by atoms with Crippen LogP contribution >= 0.6 is 0 Å². The van der Waals surface area contributed by atoms with Gasteiger partial charge in [-0.15, -0.1) is 0 Å². The summed E-state index contributed by atoms with van der Waals surface area (Å²) in [6.07, 6.45) is 0.995. The van der Waals surface area contributed by atoms with Gasteiger partial charge in [-0.25, -0.2) is 4.39 Å². The second-order valence-corrected chi connectivity index (χ2v) is 5.57. The molecule has 0 bridgehead atoms. The zero-order chi connectivity index (χ0) is 15.4. The molecule has 3 heteroatoms. The number of rotatable bonds is 5. The van der Waals surface area contributed by atoms with Crippen LogP contribution in [0.25, 0.3) is 0 Å². The van der Waals surface area contributed by atoms with Crippen LogP contribution in [-0.2, 0) is 0 Å². The summed E-state index contributed by atoms with van der Waals surface area (Å²) < 4.78 is 14.5. The van der Waals surface area contributed by atoms with E-state index < -0.39 is 0 Å². The quantitative estimate of drug-likeness (QED) is 0.889. The summed E-state index contributed by atoms with van der Waals surface area (Å²) in [7, 11) is 0. The fourth-order valence-corrected chi connectivity index (χ4v) is 2.66. The summed E-state index contributed by atoms with van der Waals surface area (Å²) in [6, 6.07) is 9.30. The van der Waals surface area contributed by atoms with E-state index >= 15 is 0 Å². The van der Waals surface area contributed by atoms with Crippen molar-refractivity contribution in [2.45, 2.75) is 40.2 Å². The molecule has 2 rings (SSSR count). The van der Waals surface area contributed by atoms with E-state index in [1.165, 1.54) is 0 Å². The smallest absolute Gasteiger partial charge is 0.128 e. The van der Waals surface area contributed by atoms with E-state index in [-0.39, 0.29) is 11.9 Å². The number of hydrogen-bond donors (Lipinski definition) is 1. The number of nitrogens with zero attached hydrogens (tertiary/aromatic N) is 1. The van der Waals surface area contributed by atoms with E-state index in [4.69, 9.17) is 0 Å². The Labute approximate surface area is 126 Å². The van der Waals surface area contributed by atoms with E-state index in [0.717, 1.165) is 35.5 Å². The van der Waals surface area contributed by atoms with E-state index in [2.05, 4.69) is 17.2 Å². The van der Waals surface area contributed by atoms with Crippen molar-refractivity contribution in [2.75, 3.05) is 6.54 Å². The first-order valence-corrected chi connectivity index (χ1v) is 7.46. The molecule has 21 heavy (non-hydrogen) atoms. The fourth-order valence-electron chi connectivity index (χ4n) is 2.66. The van der Waals surface area contributed by atoms with Crippen LogP contribution in [0.4, 0.5) is 4.39 Å². The Morgan fingerprint density at radius 2 is 1.95 bits per heavy atom. The number of aryl methyl sites for hydroxylation is 3. The molecule has 0 saturated carbocycles. The summed E-state index contributed by atoms with van der Waals surface area (Å²) in [4.78, 5) is 4.58. The first-order chi connectivity index (χ1) is 10.0. The summed E-state index contributed by atoms with van der Waals surface area (Å²) in [5.41, 5.74) is 4.42. The van der Waals surface area contributed by atoms with Gasteiger partial charge in [-0.1, -0.05) is 19.1 Å². The summed E-state index contributed by atoms with van der Waals surface area (Å²) in [5, 5.41) is 3.43. The first-order valence-electron chi connectivity index (χ1n) is 7.46. The highest BCUT2D eigenvalue weighted by atomic mass is 19.1. The summed E-state index contributed by atoms with van der Waals surface area (Å²) in [5.74, 6) is -0.163. The van der Waals surface area contributed by atoms with Gasteiger partial charge in [-0.3, -0.25) is 4.98 Å². The molecule has 0 aliphatic heterocycles. The minimum absolute atomic E-state index is 0.163. The van der Waals surface area contributed by atoms with Gasteiger partial charge in [0.25, 0.3) is 0 Å². The van der Waals surface area contributed by atoms with Crippen LogP contribution in [0.1, 0.15) is 47.5 Å². The summed E-state index contributed by atoms with van der Waals surface area (Å²) >= 11 is 0. The third-order valence-electron chi connectivity index (χ3n) is 3.57. The zero-order valence-corrected chi connectivity index (χ0v) is 13.2. The first kappa shape index (κ1) is 15.6. The summed E-state index contributed by atoms with van der Waals surface area (Å²) in [6.45, 7) is 8.76. The van der Waals surface area contributed by atoms with Gasteiger partial charge in [-0.05, 0) is 63.1 Å². The topological polar surface area (TPSA) is 24.9 Å². The molecule has 1 aromatic carbocycles. The van der Waals surface area contributed by atoms with E-state index in [9.17, 15) is 4.39 Å². The van der Waals surface area contributed by atoms with Crippen LogP contribution in [0.3, 0.4) is 0 Å². The molecule has 0 amide bonds. The number of hydrogen-bond acceptors (Lipinski definition) is 2. The molecule has 0 aliphatic carbocycles. The number of nitrogens with one attached hydrogen (secondary N) is 1. The van der Waals surface area contributed by atoms with Crippen LogP contribution in [0.15, 0.2) is 30.3 Å². The molecule has 1 heterocycles. The molecule has 0 fully saturated rings. The lowest BCUT2D eigenvalue weighted by atomic mass is 9.95. The third-order valence-corrected chi connectivity index (χ3v) is 3.57. The van der Waals surface area contributed by atoms with Gasteiger partial charge in [0.05, 0.1) is 11.7 Å². The molecule has 1 atom stereocenters. The maximum atomic E-state index is 14.5. The van der Waals surface area contributed by atoms with Gasteiger partial charge in [-0.2, -0.15) is 0 Å². The van der Waals surface area contributed by atoms with Gasteiger partial charge in [0, 0.05) is 11.3 Å². The van der Waals surface area contributed by atoms with Crippen LogP contribution in [0, 0.1) is 26.6 Å². The molecule has 0 spiro atoms. The van der Waals surface area contributed by atoms with Crippen molar-refractivity contribution in [2.24, 2.45) is 0 Å². The molecule has 0 radical (unpaired) electrons. The molecule has 0 aliphatic rings. The lowest BCUT2D eigenvalue weighted by molar-refractivity contribution is 0.535. The van der Waals surface area contributed by atoms with Crippen LogP contribution < -0.4 is 5.32 Å². The lowest BCUT2D eigenvalue weighted by Gasteiger charge is -2.22. The molecule has 112 valence electrons. The Morgan fingerprint density at radius 3 is 2.57 bits per heavy atom. The molecule has 0 saturated heterocycles. The number of aromatic nitrogens is 1. The van der Waals surface area contributed by atoms with E-state index in [1.54, 1.807) is 6.07 Å². The van der Waals surface area contributed by atoms with E-state index in [0.29, 0.717) is 5.56 Å². The van der Waals surface area contributed by atoms with Crippen molar-refractivity contribution in [1.29, 1.82) is 0 Å². The van der Waals surface area contributed by atoms with Crippen molar-refractivity contribution in [1.82, 2.24) is 10.3 Å². The van der Waals surface area contributed by atoms with Crippen molar-refractivity contribution in [3.8, 4) is 0 Å². The zero-order valence-electron chi connectivity index (χ0n) is 13.2. The molecular weight excluding hydrogens is 263 g/mol. The van der Waals surface area contributed by atoms with E-state index in [1.807, 2.05) is 45.0 Å². The molecule has 1 N–H and O–H groups in total. The minimum atomic E-state index is -0.203. The van der Waals surface area contributed by atoms with Crippen LogP contribution in [0.5, 0.6) is 0 Å². The van der Waals surface area contributed by atoms with Crippen molar-refractivity contribution in [3.05, 3.63) is 64.2 Å². The maximum Gasteiger partial charge on any atom is 0.128 e. The highest BCUT2D eigenvalue weighted by molar-refractivity contribution is 5.38. The predicted octanol–water partition coefficient (Wildman–Crippen LogP) is 4.23. The molecule has 2 aromatic rings.